The van der Waals surface area contributed by atoms with Gasteiger partial charge in [-0.2, -0.15) is 10.4 Å². The van der Waals surface area contributed by atoms with Crippen LogP contribution in [-0.4, -0.2) is 37.5 Å². The van der Waals surface area contributed by atoms with Crippen molar-refractivity contribution in [2.75, 3.05) is 6.61 Å². The zero-order valence-corrected chi connectivity index (χ0v) is 26.0. The first-order valence-corrected chi connectivity index (χ1v) is 15.3. The standard InChI is InChI=1S/C31H37FN6O4S/c1-6-23(7-2)35-29(40)31(5,8-3)38-26(39)25-20(4)27(37-16-10-15-34-37)43-28(25)36(30(38)41)17-13-21-19-22(32)11-12-24(21)42-18-9-14-33/h10-12,15-16,19,23H,6-9,13,17-18H2,1-5H3,(H,35,40). The van der Waals surface area contributed by atoms with Crippen molar-refractivity contribution in [3.05, 3.63) is 74.4 Å². The maximum Gasteiger partial charge on any atom is 0.333 e. The van der Waals surface area contributed by atoms with Crippen molar-refractivity contribution in [3.63, 3.8) is 0 Å². The summed E-state index contributed by atoms with van der Waals surface area (Å²) in [5.74, 6) is -0.446. The van der Waals surface area contributed by atoms with Gasteiger partial charge in [0.2, 0.25) is 5.91 Å². The highest BCUT2D eigenvalue weighted by Crippen LogP contribution is 2.32. The zero-order valence-electron chi connectivity index (χ0n) is 25.1. The van der Waals surface area contributed by atoms with Crippen LogP contribution in [-0.2, 0) is 23.3 Å². The Hall–Kier alpha value is -4.24. The summed E-state index contributed by atoms with van der Waals surface area (Å²) in [6.07, 6.45) is 5.38. The first-order chi connectivity index (χ1) is 20.6. The highest BCUT2D eigenvalue weighted by molar-refractivity contribution is 7.21. The van der Waals surface area contributed by atoms with E-state index in [0.29, 0.717) is 44.9 Å². The molecular formula is C31H37FN6O4S. The number of nitrogens with one attached hydrogen (secondary N) is 1. The van der Waals surface area contributed by atoms with Gasteiger partial charge in [0.25, 0.3) is 5.56 Å². The monoisotopic (exact) mass is 608 g/mol. The van der Waals surface area contributed by atoms with Gasteiger partial charge in [0.05, 0.1) is 17.9 Å². The summed E-state index contributed by atoms with van der Waals surface area (Å²) in [4.78, 5) is 42.7. The first-order valence-electron chi connectivity index (χ1n) is 14.5. The molecule has 0 radical (unpaired) electrons. The van der Waals surface area contributed by atoms with Crippen LogP contribution in [0.1, 0.15) is 64.5 Å². The van der Waals surface area contributed by atoms with Crippen LogP contribution >= 0.6 is 11.3 Å². The fourth-order valence-corrected chi connectivity index (χ4v) is 6.41. The SMILES string of the molecule is CCC(CC)NC(=O)C(C)(CC)n1c(=O)c2c(C)c(-n3cccn3)sc2n(CCc2cc(F)ccc2OCCC#N)c1=O. The van der Waals surface area contributed by atoms with Gasteiger partial charge in [0, 0.05) is 30.5 Å². The number of nitrogens with zero attached hydrogens (tertiary/aromatic N) is 5. The van der Waals surface area contributed by atoms with Crippen LogP contribution in [0.2, 0.25) is 0 Å². The third kappa shape index (κ3) is 6.13. The van der Waals surface area contributed by atoms with Gasteiger partial charge in [-0.15, -0.1) is 0 Å². The Labute approximate surface area is 253 Å². The van der Waals surface area contributed by atoms with Gasteiger partial charge in [-0.1, -0.05) is 32.1 Å². The molecule has 1 unspecified atom stereocenters. The number of aromatic nitrogens is 4. The number of amides is 1. The van der Waals surface area contributed by atoms with E-state index in [9.17, 15) is 18.8 Å². The van der Waals surface area contributed by atoms with E-state index in [4.69, 9.17) is 10.00 Å². The zero-order chi connectivity index (χ0) is 31.3. The van der Waals surface area contributed by atoms with E-state index in [1.54, 1.807) is 43.9 Å². The van der Waals surface area contributed by atoms with E-state index in [1.165, 1.54) is 34.1 Å². The molecule has 10 nitrogen and oxygen atoms in total. The summed E-state index contributed by atoms with van der Waals surface area (Å²) in [5.41, 5.74) is -1.48. The molecule has 0 aliphatic rings. The molecule has 0 fully saturated rings. The van der Waals surface area contributed by atoms with Gasteiger partial charge in [-0.3, -0.25) is 14.2 Å². The fraction of sp³-hybridized carbons (Fsp3) is 0.452. The van der Waals surface area contributed by atoms with E-state index >= 15 is 0 Å². The molecule has 1 amide bonds. The molecule has 0 spiro atoms. The number of halogens is 1. The third-order valence-corrected chi connectivity index (χ3v) is 9.29. The molecule has 3 heterocycles. The number of benzene rings is 1. The predicted molar refractivity (Wildman–Crippen MR) is 164 cm³/mol. The van der Waals surface area contributed by atoms with Gasteiger partial charge in [0.15, 0.2) is 0 Å². The molecule has 43 heavy (non-hydrogen) atoms. The molecule has 228 valence electrons. The van der Waals surface area contributed by atoms with Crippen molar-refractivity contribution in [3.8, 4) is 16.8 Å². The molecule has 1 aromatic carbocycles. The Bertz CT molecular complexity index is 1760. The second-order valence-corrected chi connectivity index (χ2v) is 11.6. The van der Waals surface area contributed by atoms with Crippen LogP contribution in [0.3, 0.4) is 0 Å². The highest BCUT2D eigenvalue weighted by Gasteiger charge is 2.39. The molecule has 1 atom stereocenters. The lowest BCUT2D eigenvalue weighted by Gasteiger charge is -2.31. The second kappa shape index (κ2) is 13.4. The van der Waals surface area contributed by atoms with Crippen LogP contribution in [0.5, 0.6) is 5.75 Å². The van der Waals surface area contributed by atoms with Crippen LogP contribution in [0.4, 0.5) is 4.39 Å². The van der Waals surface area contributed by atoms with Crippen molar-refractivity contribution in [1.82, 2.24) is 24.2 Å². The number of hydrogen-bond donors (Lipinski definition) is 1. The Morgan fingerprint density at radius 1 is 1.26 bits per heavy atom. The topological polar surface area (TPSA) is 124 Å². The van der Waals surface area contributed by atoms with Crippen LogP contribution in [0, 0.1) is 24.1 Å². The van der Waals surface area contributed by atoms with Gasteiger partial charge >= 0.3 is 5.69 Å². The normalized spacial score (nSPS) is 12.8. The highest BCUT2D eigenvalue weighted by atomic mass is 32.1. The smallest absolute Gasteiger partial charge is 0.333 e. The summed E-state index contributed by atoms with van der Waals surface area (Å²) < 4.78 is 24.2. The van der Waals surface area contributed by atoms with E-state index in [-0.39, 0.29) is 38.5 Å². The molecule has 0 bridgehead atoms. The minimum Gasteiger partial charge on any atom is -0.492 e. The summed E-state index contributed by atoms with van der Waals surface area (Å²) in [5, 5.41) is 17.3. The largest absolute Gasteiger partial charge is 0.492 e. The van der Waals surface area contributed by atoms with Crippen molar-refractivity contribution in [2.24, 2.45) is 0 Å². The molecule has 12 heteroatoms. The summed E-state index contributed by atoms with van der Waals surface area (Å²) >= 11 is 1.26. The van der Waals surface area contributed by atoms with E-state index in [0.717, 1.165) is 4.57 Å². The molecule has 0 aliphatic carbocycles. The minimum absolute atomic E-state index is 0.0835. The lowest BCUT2D eigenvalue weighted by Crippen LogP contribution is -2.58. The van der Waals surface area contributed by atoms with Gasteiger partial charge in [0.1, 0.15) is 33.5 Å². The summed E-state index contributed by atoms with van der Waals surface area (Å²) in [6.45, 7) is 9.37. The molecular weight excluding hydrogens is 571 g/mol. The number of fused-ring (bicyclic) bond motifs is 1. The van der Waals surface area contributed by atoms with E-state index in [2.05, 4.69) is 10.4 Å². The lowest BCUT2D eigenvalue weighted by molar-refractivity contribution is -0.130. The number of carbonyl (C=O) groups is 1. The fourth-order valence-electron chi connectivity index (χ4n) is 5.15. The maximum absolute atomic E-state index is 14.3. The maximum atomic E-state index is 14.3. The Kier molecular flexibility index (Phi) is 9.86. The lowest BCUT2D eigenvalue weighted by atomic mass is 9.95. The van der Waals surface area contributed by atoms with Crippen molar-refractivity contribution in [1.29, 1.82) is 5.26 Å². The Balaban J connectivity index is 1.92. The van der Waals surface area contributed by atoms with Crippen molar-refractivity contribution >= 4 is 27.5 Å². The number of nitriles is 1. The molecule has 0 aliphatic heterocycles. The van der Waals surface area contributed by atoms with Crippen molar-refractivity contribution in [2.45, 2.75) is 84.8 Å². The predicted octanol–water partition coefficient (Wildman–Crippen LogP) is 4.82. The van der Waals surface area contributed by atoms with Crippen molar-refractivity contribution < 1.29 is 13.9 Å². The van der Waals surface area contributed by atoms with Crippen LogP contribution in [0.15, 0.2) is 46.2 Å². The number of carbonyl (C=O) groups excluding carboxylic acids is 1. The molecule has 4 rings (SSSR count). The van der Waals surface area contributed by atoms with Gasteiger partial charge < -0.3 is 10.1 Å². The third-order valence-electron chi connectivity index (χ3n) is 7.99. The Morgan fingerprint density at radius 2 is 2.00 bits per heavy atom. The van der Waals surface area contributed by atoms with E-state index in [1.807, 2.05) is 19.9 Å². The number of ether oxygens (including phenoxy) is 1. The molecule has 1 N–H and O–H groups in total. The Morgan fingerprint density at radius 3 is 2.63 bits per heavy atom. The average molecular weight is 609 g/mol. The van der Waals surface area contributed by atoms with Gasteiger partial charge in [-0.25, -0.2) is 18.4 Å². The van der Waals surface area contributed by atoms with Crippen LogP contribution in [0.25, 0.3) is 15.2 Å². The number of thiophene rings is 1. The average Bonchev–Trinajstić information content (AvgIpc) is 3.64. The number of rotatable bonds is 13. The summed E-state index contributed by atoms with van der Waals surface area (Å²) in [7, 11) is 0. The molecule has 3 aromatic heterocycles. The van der Waals surface area contributed by atoms with Gasteiger partial charge in [-0.05, 0) is 69.4 Å². The number of aryl methyl sites for hydroxylation is 3. The molecule has 0 saturated heterocycles. The first kappa shape index (κ1) is 31.7. The quantitative estimate of drug-likeness (QED) is 0.217. The molecule has 0 saturated carbocycles. The minimum atomic E-state index is -1.46. The second-order valence-electron chi connectivity index (χ2n) is 10.6. The van der Waals surface area contributed by atoms with Crippen LogP contribution < -0.4 is 21.3 Å². The molecule has 4 aromatic rings. The summed E-state index contributed by atoms with van der Waals surface area (Å²) in [6, 6.07) is 7.81. The van der Waals surface area contributed by atoms with E-state index < -0.39 is 28.5 Å². The number of hydrogen-bond acceptors (Lipinski definition) is 7.